The maximum atomic E-state index is 12.0. The van der Waals surface area contributed by atoms with Gasteiger partial charge in [0.15, 0.2) is 0 Å². The molecule has 0 aliphatic rings. The van der Waals surface area contributed by atoms with E-state index in [-0.39, 0.29) is 12.7 Å². The van der Waals surface area contributed by atoms with Crippen molar-refractivity contribution in [3.8, 4) is 0 Å². The molecule has 0 radical (unpaired) electrons. The number of amides is 2. The van der Waals surface area contributed by atoms with Crippen LogP contribution in [0.4, 0.5) is 23.7 Å². The van der Waals surface area contributed by atoms with Gasteiger partial charge in [-0.25, -0.2) is 4.79 Å². The smallest absolute Gasteiger partial charge is 0.374 e. The van der Waals surface area contributed by atoms with Crippen LogP contribution in [0.3, 0.4) is 0 Å². The lowest BCUT2D eigenvalue weighted by atomic mass is 10.2. The lowest BCUT2D eigenvalue weighted by Crippen LogP contribution is -2.39. The highest BCUT2D eigenvalue weighted by Gasteiger charge is 2.27. The molecule has 8 heteroatoms. The van der Waals surface area contributed by atoms with Crippen molar-refractivity contribution in [2.45, 2.75) is 45.7 Å². The maximum Gasteiger partial charge on any atom is 0.411 e. The lowest BCUT2D eigenvalue weighted by Gasteiger charge is -2.16. The topological polar surface area (TPSA) is 59.6 Å². The molecule has 0 aliphatic heterocycles. The Balaban J connectivity index is 2.40. The van der Waals surface area contributed by atoms with Crippen LogP contribution >= 0.6 is 0 Å². The molecule has 1 aromatic carbocycles. The Hall–Kier alpha value is -1.80. The summed E-state index contributed by atoms with van der Waals surface area (Å²) in [5.74, 6) is 0. The van der Waals surface area contributed by atoms with Crippen molar-refractivity contribution in [1.29, 1.82) is 0 Å². The summed E-state index contributed by atoms with van der Waals surface area (Å²) in [6.45, 7) is 4.28. The van der Waals surface area contributed by atoms with Crippen molar-refractivity contribution in [2.75, 3.05) is 18.5 Å². The quantitative estimate of drug-likeness (QED) is 0.753. The van der Waals surface area contributed by atoms with E-state index in [1.54, 1.807) is 25.1 Å². The number of hydrogen-bond acceptors (Lipinski definition) is 3. The summed E-state index contributed by atoms with van der Waals surface area (Å²) in [6, 6.07) is 6.07. The van der Waals surface area contributed by atoms with Crippen LogP contribution in [0.1, 0.15) is 26.3 Å². The molecular weight excluding hydrogens is 325 g/mol. The third-order valence-electron chi connectivity index (χ3n) is 2.78. The standard InChI is InChI=1S/C16H23F3N2O3/c1-11(2)24-9-13-5-4-6-14(7-13)21-15(22)20-12(3)8-23-10-16(17,18)19/h4-7,11-12H,8-10H2,1-3H3,(H2,20,21,22)/t12-/m1/s1. The predicted octanol–water partition coefficient (Wildman–Crippen LogP) is 3.70. The summed E-state index contributed by atoms with van der Waals surface area (Å²) >= 11 is 0. The molecule has 2 N–H and O–H groups in total. The predicted molar refractivity (Wildman–Crippen MR) is 84.9 cm³/mol. The number of carbonyl (C=O) groups excluding carboxylic acids is 1. The van der Waals surface area contributed by atoms with E-state index in [0.717, 1.165) is 5.56 Å². The largest absolute Gasteiger partial charge is 0.411 e. The van der Waals surface area contributed by atoms with E-state index >= 15 is 0 Å². The molecule has 0 saturated heterocycles. The molecule has 0 aliphatic carbocycles. The summed E-state index contributed by atoms with van der Waals surface area (Å²) in [4.78, 5) is 11.8. The Kier molecular flexibility index (Phi) is 8.00. The highest BCUT2D eigenvalue weighted by Crippen LogP contribution is 2.14. The number of rotatable bonds is 8. The zero-order valence-corrected chi connectivity index (χ0v) is 13.9. The maximum absolute atomic E-state index is 12.0. The summed E-state index contributed by atoms with van der Waals surface area (Å²) in [6.07, 6.45) is -4.28. The zero-order valence-electron chi connectivity index (χ0n) is 13.9. The van der Waals surface area contributed by atoms with Crippen LogP contribution in [-0.2, 0) is 16.1 Å². The van der Waals surface area contributed by atoms with Crippen molar-refractivity contribution in [2.24, 2.45) is 0 Å². The molecule has 0 spiro atoms. The third kappa shape index (κ3) is 9.36. The van der Waals surface area contributed by atoms with Crippen LogP contribution in [-0.4, -0.2) is 37.6 Å². The van der Waals surface area contributed by atoms with Crippen LogP contribution < -0.4 is 10.6 Å². The van der Waals surface area contributed by atoms with Gasteiger partial charge < -0.3 is 20.1 Å². The molecule has 0 unspecified atom stereocenters. The second-order valence-corrected chi connectivity index (χ2v) is 5.69. The van der Waals surface area contributed by atoms with Gasteiger partial charge in [-0.2, -0.15) is 13.2 Å². The number of hydrogen-bond donors (Lipinski definition) is 2. The number of urea groups is 1. The molecule has 2 amide bonds. The summed E-state index contributed by atoms with van der Waals surface area (Å²) in [5.41, 5.74) is 1.48. The average Bonchev–Trinajstić information content (AvgIpc) is 2.43. The fourth-order valence-corrected chi connectivity index (χ4v) is 1.79. The van der Waals surface area contributed by atoms with E-state index in [1.807, 2.05) is 19.9 Å². The second-order valence-electron chi connectivity index (χ2n) is 5.69. The number of ether oxygens (including phenoxy) is 2. The molecule has 0 saturated carbocycles. The van der Waals surface area contributed by atoms with Crippen LogP contribution in [0, 0.1) is 0 Å². The molecular formula is C16H23F3N2O3. The van der Waals surface area contributed by atoms with E-state index in [1.165, 1.54) is 0 Å². The molecule has 5 nitrogen and oxygen atoms in total. The minimum atomic E-state index is -4.37. The number of benzene rings is 1. The van der Waals surface area contributed by atoms with E-state index < -0.39 is 24.9 Å². The highest BCUT2D eigenvalue weighted by molar-refractivity contribution is 5.89. The molecule has 1 atom stereocenters. The van der Waals surface area contributed by atoms with Gasteiger partial charge in [-0.1, -0.05) is 12.1 Å². The molecule has 24 heavy (non-hydrogen) atoms. The monoisotopic (exact) mass is 348 g/mol. The van der Waals surface area contributed by atoms with Crippen LogP contribution in [0.25, 0.3) is 0 Å². The summed E-state index contributed by atoms with van der Waals surface area (Å²) < 4.78 is 45.9. The summed E-state index contributed by atoms with van der Waals surface area (Å²) in [7, 11) is 0. The van der Waals surface area contributed by atoms with Gasteiger partial charge in [0, 0.05) is 5.69 Å². The Bertz CT molecular complexity index is 522. The number of anilines is 1. The Labute approximate surface area is 139 Å². The second kappa shape index (κ2) is 9.48. The van der Waals surface area contributed by atoms with E-state index in [0.29, 0.717) is 12.3 Å². The Morgan fingerprint density at radius 1 is 1.25 bits per heavy atom. The average molecular weight is 348 g/mol. The number of alkyl halides is 3. The first kappa shape index (κ1) is 20.2. The van der Waals surface area contributed by atoms with Crippen molar-refractivity contribution in [3.05, 3.63) is 29.8 Å². The molecule has 1 aromatic rings. The van der Waals surface area contributed by atoms with Gasteiger partial charge in [-0.05, 0) is 38.5 Å². The van der Waals surface area contributed by atoms with Crippen LogP contribution in [0.15, 0.2) is 24.3 Å². The van der Waals surface area contributed by atoms with Crippen molar-refractivity contribution >= 4 is 11.7 Å². The normalized spacial score (nSPS) is 13.0. The number of carbonyl (C=O) groups is 1. The molecule has 0 bridgehead atoms. The van der Waals surface area contributed by atoms with Gasteiger partial charge in [-0.3, -0.25) is 0 Å². The molecule has 136 valence electrons. The molecule has 1 rings (SSSR count). The summed E-state index contributed by atoms with van der Waals surface area (Å²) in [5, 5.41) is 5.13. The number of halogens is 3. The first-order valence-corrected chi connectivity index (χ1v) is 7.58. The first-order valence-electron chi connectivity index (χ1n) is 7.58. The molecule has 0 aromatic heterocycles. The zero-order chi connectivity index (χ0) is 18.2. The lowest BCUT2D eigenvalue weighted by molar-refractivity contribution is -0.174. The van der Waals surface area contributed by atoms with Gasteiger partial charge in [0.25, 0.3) is 0 Å². The first-order chi connectivity index (χ1) is 11.2. The van der Waals surface area contributed by atoms with E-state index in [4.69, 9.17) is 4.74 Å². The van der Waals surface area contributed by atoms with E-state index in [2.05, 4.69) is 15.4 Å². The van der Waals surface area contributed by atoms with Gasteiger partial charge in [-0.15, -0.1) is 0 Å². The van der Waals surface area contributed by atoms with Gasteiger partial charge in [0.1, 0.15) is 6.61 Å². The third-order valence-corrected chi connectivity index (χ3v) is 2.78. The SMILES string of the molecule is CC(C)OCc1cccc(NC(=O)N[C@H](C)COCC(F)(F)F)c1. The molecule has 0 fully saturated rings. The molecule has 0 heterocycles. The van der Waals surface area contributed by atoms with Gasteiger partial charge in [0.2, 0.25) is 0 Å². The Morgan fingerprint density at radius 2 is 1.96 bits per heavy atom. The van der Waals surface area contributed by atoms with Crippen molar-refractivity contribution in [3.63, 3.8) is 0 Å². The fourth-order valence-electron chi connectivity index (χ4n) is 1.79. The fraction of sp³-hybridized carbons (Fsp3) is 0.562. The Morgan fingerprint density at radius 3 is 2.58 bits per heavy atom. The minimum absolute atomic E-state index is 0.0995. The van der Waals surface area contributed by atoms with Crippen LogP contribution in [0.5, 0.6) is 0 Å². The van der Waals surface area contributed by atoms with Gasteiger partial charge >= 0.3 is 12.2 Å². The minimum Gasteiger partial charge on any atom is -0.374 e. The number of nitrogens with one attached hydrogen (secondary N) is 2. The van der Waals surface area contributed by atoms with Crippen LogP contribution in [0.2, 0.25) is 0 Å². The highest BCUT2D eigenvalue weighted by atomic mass is 19.4. The van der Waals surface area contributed by atoms with Crippen molar-refractivity contribution in [1.82, 2.24) is 5.32 Å². The van der Waals surface area contributed by atoms with E-state index in [9.17, 15) is 18.0 Å². The van der Waals surface area contributed by atoms with Gasteiger partial charge in [0.05, 0.1) is 25.4 Å². The van der Waals surface area contributed by atoms with Crippen molar-refractivity contribution < 1.29 is 27.4 Å².